The van der Waals surface area contributed by atoms with Crippen molar-refractivity contribution < 1.29 is 42.0 Å². The summed E-state index contributed by atoms with van der Waals surface area (Å²) in [6.45, 7) is 4.66. The summed E-state index contributed by atoms with van der Waals surface area (Å²) < 4.78 is 40.1. The molecule has 1 heterocycles. The Morgan fingerprint density at radius 3 is 1.92 bits per heavy atom. The lowest BCUT2D eigenvalue weighted by atomic mass is 10.0. The highest BCUT2D eigenvalue weighted by atomic mass is 31.2. The van der Waals surface area contributed by atoms with Crippen molar-refractivity contribution in [1.82, 2.24) is 0 Å². The number of unbranched alkanes of at least 4 members (excludes halogenated alkanes) is 19. The van der Waals surface area contributed by atoms with Gasteiger partial charge in [0.2, 0.25) is 0 Å². The molecule has 1 rings (SSSR count). The molecule has 10 heteroatoms. The fourth-order valence-corrected chi connectivity index (χ4v) is 6.74. The molecule has 0 aliphatic carbocycles. The van der Waals surface area contributed by atoms with Crippen LogP contribution in [0.5, 0.6) is 0 Å². The normalized spacial score (nSPS) is 17.9. The molecule has 0 saturated carbocycles. The second-order valence-electron chi connectivity index (χ2n) is 15.8. The number of hydrogen-bond acceptors (Lipinski definition) is 8. The summed E-state index contributed by atoms with van der Waals surface area (Å²) in [5, 5.41) is 0. The van der Waals surface area contributed by atoms with Gasteiger partial charge in [-0.25, -0.2) is 0 Å². The van der Waals surface area contributed by atoms with Crippen molar-refractivity contribution in [2.45, 2.75) is 193 Å². The topological polar surface area (TPSA) is 107 Å². The standard InChI is InChI=1S/C42H80NO8P/c1-6-8-10-12-14-15-16-17-18-19-20-21-26-30-35-47-39(38-50-52(45,46)49-36-34-43(3,4)5)37-48-42(44)33-29-25-22-24-28-32-41-40(51-41)31-27-23-13-11-9-7-2/h23,27,30,35,39-41H,6-22,24-26,28-29,31-34,36-38H2,1-5H3/b27-23-,35-30+/t39-,40?,41?/m1/s1. The van der Waals surface area contributed by atoms with Crippen LogP contribution in [0.4, 0.5) is 0 Å². The van der Waals surface area contributed by atoms with Gasteiger partial charge >= 0.3 is 5.97 Å². The number of carbonyl (C=O) groups is 1. The van der Waals surface area contributed by atoms with Gasteiger partial charge in [-0.1, -0.05) is 135 Å². The molecule has 3 unspecified atom stereocenters. The first-order valence-electron chi connectivity index (χ1n) is 21.2. The molecule has 0 aromatic rings. The summed E-state index contributed by atoms with van der Waals surface area (Å²) in [4.78, 5) is 24.8. The number of carbonyl (C=O) groups excluding carboxylic acids is 1. The number of phosphoric acid groups is 1. The lowest BCUT2D eigenvalue weighted by molar-refractivity contribution is -0.870. The maximum absolute atomic E-state index is 12.5. The fraction of sp³-hybridized carbons (Fsp3) is 0.881. The summed E-state index contributed by atoms with van der Waals surface area (Å²) in [5.74, 6) is -0.310. The maximum atomic E-state index is 12.5. The molecule has 1 aliphatic rings. The van der Waals surface area contributed by atoms with Gasteiger partial charge in [-0.2, -0.15) is 0 Å². The Bertz CT molecular complexity index is 953. The molecule has 0 radical (unpaired) electrons. The maximum Gasteiger partial charge on any atom is 0.305 e. The molecule has 0 amide bonds. The van der Waals surface area contributed by atoms with Crippen LogP contribution in [0.15, 0.2) is 24.5 Å². The Labute approximate surface area is 319 Å². The average Bonchev–Trinajstić information content (AvgIpc) is 3.85. The quantitative estimate of drug-likeness (QED) is 0.0117. The Morgan fingerprint density at radius 2 is 1.27 bits per heavy atom. The van der Waals surface area contributed by atoms with E-state index in [1.165, 1.54) is 96.3 Å². The van der Waals surface area contributed by atoms with Crippen molar-refractivity contribution in [1.29, 1.82) is 0 Å². The van der Waals surface area contributed by atoms with E-state index in [9.17, 15) is 14.3 Å². The van der Waals surface area contributed by atoms with Crippen LogP contribution in [-0.4, -0.2) is 76.3 Å². The van der Waals surface area contributed by atoms with Gasteiger partial charge < -0.3 is 32.6 Å². The Balaban J connectivity index is 2.26. The lowest BCUT2D eigenvalue weighted by Crippen LogP contribution is -2.37. The van der Waals surface area contributed by atoms with Gasteiger partial charge in [-0.15, -0.1) is 0 Å². The first-order chi connectivity index (χ1) is 25.1. The van der Waals surface area contributed by atoms with Crippen molar-refractivity contribution in [2.24, 2.45) is 0 Å². The van der Waals surface area contributed by atoms with Crippen LogP contribution in [0, 0.1) is 0 Å². The summed E-state index contributed by atoms with van der Waals surface area (Å²) in [5.41, 5.74) is 0. The number of epoxide rings is 1. The minimum Gasteiger partial charge on any atom is -0.756 e. The molecule has 1 aliphatic heterocycles. The molecule has 52 heavy (non-hydrogen) atoms. The van der Waals surface area contributed by atoms with Gasteiger partial charge in [0.15, 0.2) is 6.10 Å². The summed E-state index contributed by atoms with van der Waals surface area (Å²) in [6, 6.07) is 0. The molecule has 9 nitrogen and oxygen atoms in total. The van der Waals surface area contributed by atoms with E-state index in [1.807, 2.05) is 27.2 Å². The largest absolute Gasteiger partial charge is 0.756 e. The average molecular weight is 758 g/mol. The van der Waals surface area contributed by atoms with Crippen LogP contribution >= 0.6 is 7.82 Å². The number of ether oxygens (including phenoxy) is 3. The van der Waals surface area contributed by atoms with Crippen LogP contribution in [0.25, 0.3) is 0 Å². The van der Waals surface area contributed by atoms with E-state index in [0.717, 1.165) is 57.8 Å². The van der Waals surface area contributed by atoms with Crippen molar-refractivity contribution in [3.8, 4) is 0 Å². The van der Waals surface area contributed by atoms with Gasteiger partial charge in [0, 0.05) is 6.42 Å². The van der Waals surface area contributed by atoms with E-state index in [1.54, 1.807) is 6.26 Å². The van der Waals surface area contributed by atoms with E-state index >= 15 is 0 Å². The third-order valence-electron chi connectivity index (χ3n) is 9.52. The molecule has 306 valence electrons. The predicted octanol–water partition coefficient (Wildman–Crippen LogP) is 10.8. The molecule has 0 spiro atoms. The molecule has 0 N–H and O–H groups in total. The molecule has 1 saturated heterocycles. The number of esters is 1. The molecular weight excluding hydrogens is 677 g/mol. The molecule has 4 atom stereocenters. The fourth-order valence-electron chi connectivity index (χ4n) is 6.01. The van der Waals surface area contributed by atoms with Crippen LogP contribution in [0.1, 0.15) is 174 Å². The van der Waals surface area contributed by atoms with Crippen LogP contribution < -0.4 is 4.89 Å². The number of hydrogen-bond donors (Lipinski definition) is 0. The zero-order valence-corrected chi connectivity index (χ0v) is 35.1. The molecule has 0 bridgehead atoms. The number of phosphoric ester groups is 1. The predicted molar refractivity (Wildman–Crippen MR) is 212 cm³/mol. The first-order valence-corrected chi connectivity index (χ1v) is 22.7. The van der Waals surface area contributed by atoms with E-state index in [2.05, 4.69) is 26.0 Å². The van der Waals surface area contributed by atoms with E-state index in [-0.39, 0.29) is 25.8 Å². The van der Waals surface area contributed by atoms with Gasteiger partial charge in [-0.3, -0.25) is 9.36 Å². The number of rotatable bonds is 38. The van der Waals surface area contributed by atoms with Gasteiger partial charge in [0.25, 0.3) is 7.82 Å². The highest BCUT2D eigenvalue weighted by molar-refractivity contribution is 7.45. The monoisotopic (exact) mass is 758 g/mol. The minimum absolute atomic E-state index is 0.0233. The highest BCUT2D eigenvalue weighted by Crippen LogP contribution is 2.38. The summed E-state index contributed by atoms with van der Waals surface area (Å²) in [7, 11) is 1.35. The van der Waals surface area contributed by atoms with E-state index in [4.69, 9.17) is 23.3 Å². The number of allylic oxidation sites excluding steroid dienone is 2. The summed E-state index contributed by atoms with van der Waals surface area (Å²) in [6.07, 6.45) is 37.3. The Kier molecular flexibility index (Phi) is 30.1. The third-order valence-corrected chi connectivity index (χ3v) is 10.5. The van der Waals surface area contributed by atoms with E-state index in [0.29, 0.717) is 29.7 Å². The smallest absolute Gasteiger partial charge is 0.305 e. The third kappa shape index (κ3) is 32.2. The van der Waals surface area contributed by atoms with Gasteiger partial charge in [0.05, 0.1) is 46.2 Å². The number of likely N-dealkylation sites (N-methyl/N-ethyl adjacent to an activating group) is 1. The molecule has 0 aromatic heterocycles. The Hall–Kier alpha value is -1.22. The summed E-state index contributed by atoms with van der Waals surface area (Å²) >= 11 is 0. The zero-order valence-electron chi connectivity index (χ0n) is 34.2. The van der Waals surface area contributed by atoms with Crippen molar-refractivity contribution in [3.05, 3.63) is 24.5 Å². The van der Waals surface area contributed by atoms with Crippen LogP contribution in [-0.2, 0) is 32.6 Å². The second kappa shape index (κ2) is 32.1. The highest BCUT2D eigenvalue weighted by Gasteiger charge is 2.36. The molecule has 1 fully saturated rings. The minimum atomic E-state index is -4.52. The van der Waals surface area contributed by atoms with Crippen LogP contribution in [0.2, 0.25) is 0 Å². The SMILES string of the molecule is CCCCC/C=C\CC1OC1CCCCCCCC(=O)OC[C@H](COP(=O)([O-])OCC[N+](C)(C)C)O/C=C/CCCCCCCCCCCCCC. The van der Waals surface area contributed by atoms with Crippen molar-refractivity contribution in [2.75, 3.05) is 47.5 Å². The molecule has 0 aromatic carbocycles. The first kappa shape index (κ1) is 48.8. The van der Waals surface area contributed by atoms with Gasteiger partial charge in [-0.05, 0) is 51.0 Å². The van der Waals surface area contributed by atoms with Crippen molar-refractivity contribution in [3.63, 3.8) is 0 Å². The Morgan fingerprint density at radius 1 is 0.712 bits per heavy atom. The molecular formula is C42H80NO8P. The second-order valence-corrected chi connectivity index (χ2v) is 17.2. The van der Waals surface area contributed by atoms with E-state index < -0.39 is 13.9 Å². The lowest BCUT2D eigenvalue weighted by Gasteiger charge is -2.28. The number of nitrogens with zero attached hydrogens (tertiary/aromatic N) is 1. The van der Waals surface area contributed by atoms with Crippen LogP contribution in [0.3, 0.4) is 0 Å². The van der Waals surface area contributed by atoms with Gasteiger partial charge in [0.1, 0.15) is 19.8 Å². The zero-order chi connectivity index (χ0) is 38.2. The van der Waals surface area contributed by atoms with Crippen molar-refractivity contribution >= 4 is 13.8 Å². The number of quaternary nitrogens is 1.